The maximum absolute atomic E-state index is 13.1. The average molecular weight is 351 g/mol. The van der Waals surface area contributed by atoms with E-state index in [0.717, 1.165) is 5.56 Å². The van der Waals surface area contributed by atoms with E-state index in [2.05, 4.69) is 19.9 Å². The van der Waals surface area contributed by atoms with Crippen molar-refractivity contribution in [2.75, 3.05) is 19.1 Å². The van der Waals surface area contributed by atoms with Crippen LogP contribution in [0.4, 0.5) is 19.0 Å². The number of anilines is 1. The summed E-state index contributed by atoms with van der Waals surface area (Å²) in [6.07, 6.45) is -3.35. The van der Waals surface area contributed by atoms with Gasteiger partial charge in [0, 0.05) is 7.05 Å². The molecule has 0 amide bonds. The molecular weight excluding hydrogens is 335 g/mol. The molecule has 0 aliphatic carbocycles. The lowest BCUT2D eigenvalue weighted by molar-refractivity contribution is -0.144. The summed E-state index contributed by atoms with van der Waals surface area (Å²) in [7, 11) is 3.25. The zero-order valence-corrected chi connectivity index (χ0v) is 13.8. The zero-order valence-electron chi connectivity index (χ0n) is 13.8. The van der Waals surface area contributed by atoms with E-state index in [0.29, 0.717) is 11.3 Å². The molecular formula is C16H16F3N5O. The van der Waals surface area contributed by atoms with E-state index in [1.807, 2.05) is 19.1 Å². The van der Waals surface area contributed by atoms with Crippen LogP contribution < -0.4 is 9.64 Å². The lowest BCUT2D eigenvalue weighted by Crippen LogP contribution is -2.25. The second-order valence-corrected chi connectivity index (χ2v) is 5.53. The number of hydrogen-bond acceptors (Lipinski definition) is 5. The number of ether oxygens (including phenoxy) is 1. The third-order valence-corrected chi connectivity index (χ3v) is 4.03. The predicted octanol–water partition coefficient (Wildman–Crippen LogP) is 3.58. The molecule has 132 valence electrons. The SMILES string of the molecule is COc1ccc(C(C)N(C)c2nc(C(F)(F)F)nc3nc[nH]c23)cc1. The van der Waals surface area contributed by atoms with Gasteiger partial charge in [-0.1, -0.05) is 12.1 Å². The number of aromatic nitrogens is 4. The molecule has 0 fully saturated rings. The molecule has 2 heterocycles. The number of benzene rings is 1. The van der Waals surface area contributed by atoms with Gasteiger partial charge in [0.15, 0.2) is 11.5 Å². The Labute approximate surface area is 141 Å². The molecule has 0 saturated heterocycles. The molecule has 0 bridgehead atoms. The summed E-state index contributed by atoms with van der Waals surface area (Å²) in [6.45, 7) is 1.87. The van der Waals surface area contributed by atoms with Crippen molar-refractivity contribution in [2.45, 2.75) is 19.1 Å². The van der Waals surface area contributed by atoms with E-state index < -0.39 is 12.0 Å². The predicted molar refractivity (Wildman–Crippen MR) is 86.5 cm³/mol. The van der Waals surface area contributed by atoms with Crippen LogP contribution in [0.1, 0.15) is 24.4 Å². The van der Waals surface area contributed by atoms with Crippen molar-refractivity contribution in [3.63, 3.8) is 0 Å². The van der Waals surface area contributed by atoms with Crippen LogP contribution in [-0.4, -0.2) is 34.1 Å². The molecule has 0 aliphatic heterocycles. The maximum atomic E-state index is 13.1. The molecule has 6 nitrogen and oxygen atoms in total. The molecule has 1 atom stereocenters. The second kappa shape index (κ2) is 6.23. The van der Waals surface area contributed by atoms with Crippen molar-refractivity contribution in [1.82, 2.24) is 19.9 Å². The van der Waals surface area contributed by atoms with E-state index in [9.17, 15) is 13.2 Å². The van der Waals surface area contributed by atoms with Gasteiger partial charge in [0.2, 0.25) is 5.82 Å². The molecule has 3 aromatic rings. The van der Waals surface area contributed by atoms with Gasteiger partial charge in [-0.05, 0) is 24.6 Å². The van der Waals surface area contributed by atoms with Gasteiger partial charge in [0.25, 0.3) is 0 Å². The topological polar surface area (TPSA) is 66.9 Å². The molecule has 3 rings (SSSR count). The number of nitrogens with one attached hydrogen (secondary N) is 1. The van der Waals surface area contributed by atoms with Gasteiger partial charge < -0.3 is 14.6 Å². The molecule has 0 aliphatic rings. The van der Waals surface area contributed by atoms with Crippen molar-refractivity contribution in [3.05, 3.63) is 42.0 Å². The molecule has 0 spiro atoms. The van der Waals surface area contributed by atoms with E-state index >= 15 is 0 Å². The van der Waals surface area contributed by atoms with Crippen molar-refractivity contribution < 1.29 is 17.9 Å². The minimum absolute atomic E-state index is 0.0221. The Bertz CT molecular complexity index is 876. The standard InChI is InChI=1S/C16H16F3N5O/c1-9(10-4-6-11(25-3)7-5-10)24(2)14-12-13(21-8-20-12)22-15(23-14)16(17,18)19/h4-9H,1-3H3,(H,20,21,22,23). The first-order valence-corrected chi connectivity index (χ1v) is 7.46. The van der Waals surface area contributed by atoms with Gasteiger partial charge in [-0.2, -0.15) is 13.2 Å². The number of fused-ring (bicyclic) bond motifs is 1. The fourth-order valence-electron chi connectivity index (χ4n) is 2.49. The number of rotatable bonds is 4. The molecule has 2 aromatic heterocycles. The summed E-state index contributed by atoms with van der Waals surface area (Å²) in [5, 5.41) is 0. The van der Waals surface area contributed by atoms with Crippen LogP contribution in [0.2, 0.25) is 0 Å². The molecule has 0 radical (unpaired) electrons. The smallest absolute Gasteiger partial charge is 0.451 e. The van der Waals surface area contributed by atoms with Crippen molar-refractivity contribution in [3.8, 4) is 5.75 Å². The number of hydrogen-bond donors (Lipinski definition) is 1. The Morgan fingerprint density at radius 3 is 2.44 bits per heavy atom. The summed E-state index contributed by atoms with van der Waals surface area (Å²) in [6, 6.07) is 7.08. The minimum Gasteiger partial charge on any atom is -0.497 e. The van der Waals surface area contributed by atoms with Crippen molar-refractivity contribution in [1.29, 1.82) is 0 Å². The third-order valence-electron chi connectivity index (χ3n) is 4.03. The minimum atomic E-state index is -4.65. The van der Waals surface area contributed by atoms with Crippen LogP contribution in [0, 0.1) is 0 Å². The maximum Gasteiger partial charge on any atom is 0.451 e. The second-order valence-electron chi connectivity index (χ2n) is 5.53. The number of alkyl halides is 3. The number of imidazole rings is 1. The first-order valence-electron chi connectivity index (χ1n) is 7.46. The number of halogens is 3. The molecule has 0 saturated carbocycles. The number of nitrogens with zero attached hydrogens (tertiary/aromatic N) is 4. The van der Waals surface area contributed by atoms with Crippen molar-refractivity contribution in [2.24, 2.45) is 0 Å². The van der Waals surface area contributed by atoms with Gasteiger partial charge in [0.1, 0.15) is 11.3 Å². The number of aromatic amines is 1. The quantitative estimate of drug-likeness (QED) is 0.778. The monoisotopic (exact) mass is 351 g/mol. The first kappa shape index (κ1) is 17.0. The highest BCUT2D eigenvalue weighted by Gasteiger charge is 2.36. The highest BCUT2D eigenvalue weighted by molar-refractivity contribution is 5.83. The van der Waals surface area contributed by atoms with Gasteiger partial charge in [-0.15, -0.1) is 0 Å². The summed E-state index contributed by atoms with van der Waals surface area (Å²) >= 11 is 0. The molecule has 1 aromatic carbocycles. The summed E-state index contributed by atoms with van der Waals surface area (Å²) in [5.74, 6) is -0.370. The summed E-state index contributed by atoms with van der Waals surface area (Å²) in [5.41, 5.74) is 1.24. The Hall–Kier alpha value is -2.84. The van der Waals surface area contributed by atoms with Crippen LogP contribution >= 0.6 is 0 Å². The normalized spacial score (nSPS) is 13.0. The highest BCUT2D eigenvalue weighted by Crippen LogP contribution is 2.33. The Morgan fingerprint density at radius 2 is 1.84 bits per heavy atom. The van der Waals surface area contributed by atoms with E-state index in [4.69, 9.17) is 4.74 Å². The van der Waals surface area contributed by atoms with Gasteiger partial charge in [-0.25, -0.2) is 15.0 Å². The van der Waals surface area contributed by atoms with Crippen LogP contribution in [-0.2, 0) is 6.18 Å². The fourth-order valence-corrected chi connectivity index (χ4v) is 2.49. The van der Waals surface area contributed by atoms with E-state index in [-0.39, 0.29) is 17.5 Å². The summed E-state index contributed by atoms with van der Waals surface area (Å²) in [4.78, 5) is 15.5. The lowest BCUT2D eigenvalue weighted by Gasteiger charge is -2.27. The molecule has 1 N–H and O–H groups in total. The average Bonchev–Trinajstić information content (AvgIpc) is 3.07. The molecule has 9 heteroatoms. The Balaban J connectivity index is 2.02. The molecule has 25 heavy (non-hydrogen) atoms. The third kappa shape index (κ3) is 3.21. The van der Waals surface area contributed by atoms with E-state index in [1.54, 1.807) is 31.2 Å². The van der Waals surface area contributed by atoms with Crippen LogP contribution in [0.3, 0.4) is 0 Å². The zero-order chi connectivity index (χ0) is 18.2. The first-order chi connectivity index (χ1) is 11.8. The van der Waals surface area contributed by atoms with Gasteiger partial charge >= 0.3 is 6.18 Å². The number of H-pyrrole nitrogens is 1. The van der Waals surface area contributed by atoms with Crippen molar-refractivity contribution >= 4 is 17.0 Å². The Kier molecular flexibility index (Phi) is 4.23. The highest BCUT2D eigenvalue weighted by atomic mass is 19.4. The van der Waals surface area contributed by atoms with Crippen LogP contribution in [0.25, 0.3) is 11.2 Å². The fraction of sp³-hybridized carbons (Fsp3) is 0.312. The lowest BCUT2D eigenvalue weighted by atomic mass is 10.1. The van der Waals surface area contributed by atoms with Crippen LogP contribution in [0.5, 0.6) is 5.75 Å². The Morgan fingerprint density at radius 1 is 1.16 bits per heavy atom. The summed E-state index contributed by atoms with van der Waals surface area (Å²) < 4.78 is 44.4. The van der Waals surface area contributed by atoms with Gasteiger partial charge in [0.05, 0.1) is 19.5 Å². The van der Waals surface area contributed by atoms with E-state index in [1.165, 1.54) is 6.33 Å². The van der Waals surface area contributed by atoms with Gasteiger partial charge in [-0.3, -0.25) is 0 Å². The largest absolute Gasteiger partial charge is 0.497 e. The van der Waals surface area contributed by atoms with Crippen LogP contribution in [0.15, 0.2) is 30.6 Å². The number of methoxy groups -OCH3 is 1. The molecule has 1 unspecified atom stereocenters.